The number of rotatable bonds is 4. The summed E-state index contributed by atoms with van der Waals surface area (Å²) in [5.41, 5.74) is 0. The molecule has 0 bridgehead atoms. The highest BCUT2D eigenvalue weighted by Gasteiger charge is 2.38. The Hall–Kier alpha value is -0.120. The molecule has 2 aliphatic rings. The van der Waals surface area contributed by atoms with Crippen molar-refractivity contribution in [1.29, 1.82) is 0 Å². The van der Waals surface area contributed by atoms with Crippen LogP contribution in [0.15, 0.2) is 0 Å². The first kappa shape index (κ1) is 11.4. The molecule has 4 unspecified atom stereocenters. The second-order valence-electron chi connectivity index (χ2n) is 4.86. The maximum Gasteiger partial charge on any atom is 0.146 e. The van der Waals surface area contributed by atoms with Crippen molar-refractivity contribution in [2.75, 3.05) is 21.0 Å². The molecule has 0 aromatic heterocycles. The molecule has 2 rings (SSSR count). The third-order valence-corrected chi connectivity index (χ3v) is 3.98. The van der Waals surface area contributed by atoms with Gasteiger partial charge in [-0.2, -0.15) is 0 Å². The first-order valence-electron chi connectivity index (χ1n) is 5.96. The van der Waals surface area contributed by atoms with E-state index < -0.39 is 0 Å². The van der Waals surface area contributed by atoms with Crippen LogP contribution in [0.25, 0.3) is 0 Å². The lowest BCUT2D eigenvalue weighted by Gasteiger charge is -2.31. The van der Waals surface area contributed by atoms with Gasteiger partial charge in [-0.1, -0.05) is 0 Å². The molecule has 2 aliphatic carbocycles. The maximum atomic E-state index is 5.65. The van der Waals surface area contributed by atoms with Crippen molar-refractivity contribution < 1.29 is 14.2 Å². The predicted molar refractivity (Wildman–Crippen MR) is 57.6 cm³/mol. The molecular formula is C12H22O3. The molecule has 2 fully saturated rings. The Bertz CT molecular complexity index is 195. The Morgan fingerprint density at radius 3 is 2.40 bits per heavy atom. The zero-order valence-electron chi connectivity index (χ0n) is 9.78. The minimum absolute atomic E-state index is 0.418. The lowest BCUT2D eigenvalue weighted by Crippen LogP contribution is -2.27. The van der Waals surface area contributed by atoms with Crippen molar-refractivity contribution in [3.05, 3.63) is 0 Å². The van der Waals surface area contributed by atoms with E-state index in [2.05, 4.69) is 0 Å². The Morgan fingerprint density at radius 1 is 0.933 bits per heavy atom. The molecule has 88 valence electrons. The normalized spacial score (nSPS) is 40.4. The highest BCUT2D eigenvalue weighted by molar-refractivity contribution is 4.89. The molecule has 0 spiro atoms. The third kappa shape index (κ3) is 2.71. The number of ether oxygens (including phenoxy) is 3. The molecular weight excluding hydrogens is 192 g/mol. The van der Waals surface area contributed by atoms with Gasteiger partial charge in [0.25, 0.3) is 0 Å². The quantitative estimate of drug-likeness (QED) is 0.671. The van der Waals surface area contributed by atoms with Crippen molar-refractivity contribution in [1.82, 2.24) is 0 Å². The molecule has 0 aromatic carbocycles. The Morgan fingerprint density at radius 2 is 1.67 bits per heavy atom. The summed E-state index contributed by atoms with van der Waals surface area (Å²) in [5, 5.41) is 0. The second kappa shape index (κ2) is 5.28. The fourth-order valence-electron chi connectivity index (χ4n) is 3.16. The van der Waals surface area contributed by atoms with E-state index in [-0.39, 0.29) is 0 Å². The average molecular weight is 214 g/mol. The number of hydrogen-bond donors (Lipinski definition) is 0. The van der Waals surface area contributed by atoms with Crippen LogP contribution in [0.2, 0.25) is 0 Å². The molecule has 0 aliphatic heterocycles. The molecule has 0 amide bonds. The first-order chi connectivity index (χ1) is 7.33. The van der Waals surface area contributed by atoms with Crippen molar-refractivity contribution in [2.24, 2.45) is 11.8 Å². The minimum Gasteiger partial charge on any atom is -0.381 e. The Labute approximate surface area is 92.1 Å². The van der Waals surface area contributed by atoms with E-state index in [4.69, 9.17) is 14.2 Å². The van der Waals surface area contributed by atoms with E-state index >= 15 is 0 Å². The summed E-state index contributed by atoms with van der Waals surface area (Å²) in [4.78, 5) is 0. The first-order valence-corrected chi connectivity index (χ1v) is 5.96. The van der Waals surface area contributed by atoms with E-state index in [0.717, 1.165) is 11.8 Å². The standard InChI is InChI=1S/C12H22O3/c1-13-8-15-11-4-3-9-5-12(14-2)7-10(9)6-11/h9-12H,3-8H2,1-2H3. The highest BCUT2D eigenvalue weighted by atomic mass is 16.7. The van der Waals surface area contributed by atoms with Crippen LogP contribution in [0.5, 0.6) is 0 Å². The monoisotopic (exact) mass is 214 g/mol. The van der Waals surface area contributed by atoms with Crippen LogP contribution < -0.4 is 0 Å². The molecule has 2 saturated carbocycles. The van der Waals surface area contributed by atoms with Gasteiger partial charge in [-0.05, 0) is 43.9 Å². The van der Waals surface area contributed by atoms with E-state index in [9.17, 15) is 0 Å². The largest absolute Gasteiger partial charge is 0.381 e. The third-order valence-electron chi connectivity index (χ3n) is 3.98. The van der Waals surface area contributed by atoms with Crippen molar-refractivity contribution >= 4 is 0 Å². The average Bonchev–Trinajstić information content (AvgIpc) is 2.68. The van der Waals surface area contributed by atoms with Crippen LogP contribution in [0.3, 0.4) is 0 Å². The zero-order valence-corrected chi connectivity index (χ0v) is 9.78. The van der Waals surface area contributed by atoms with E-state index in [1.807, 2.05) is 7.11 Å². The van der Waals surface area contributed by atoms with Crippen LogP contribution in [-0.2, 0) is 14.2 Å². The van der Waals surface area contributed by atoms with Crippen LogP contribution in [0.1, 0.15) is 32.1 Å². The molecule has 3 nitrogen and oxygen atoms in total. The van der Waals surface area contributed by atoms with Gasteiger partial charge in [-0.25, -0.2) is 0 Å². The zero-order chi connectivity index (χ0) is 10.7. The molecule has 0 aromatic rings. The summed E-state index contributed by atoms with van der Waals surface area (Å²) in [7, 11) is 3.52. The summed E-state index contributed by atoms with van der Waals surface area (Å²) in [6.07, 6.45) is 7.11. The topological polar surface area (TPSA) is 27.7 Å². The van der Waals surface area contributed by atoms with Crippen LogP contribution >= 0.6 is 0 Å². The van der Waals surface area contributed by atoms with Gasteiger partial charge in [0, 0.05) is 14.2 Å². The van der Waals surface area contributed by atoms with Gasteiger partial charge in [0.05, 0.1) is 12.2 Å². The Kier molecular flexibility index (Phi) is 4.00. The number of fused-ring (bicyclic) bond motifs is 1. The van der Waals surface area contributed by atoms with Crippen LogP contribution in [0, 0.1) is 11.8 Å². The number of methoxy groups -OCH3 is 2. The predicted octanol–water partition coefficient (Wildman–Crippen LogP) is 2.20. The van der Waals surface area contributed by atoms with E-state index in [1.54, 1.807) is 7.11 Å². The number of hydrogen-bond acceptors (Lipinski definition) is 3. The summed E-state index contributed by atoms with van der Waals surface area (Å²) < 4.78 is 16.1. The Balaban J connectivity index is 1.79. The van der Waals surface area contributed by atoms with E-state index in [1.165, 1.54) is 32.1 Å². The van der Waals surface area contributed by atoms with Crippen molar-refractivity contribution in [3.8, 4) is 0 Å². The SMILES string of the molecule is COCOC1CCC2CC(OC)CC2C1. The van der Waals surface area contributed by atoms with Crippen molar-refractivity contribution in [2.45, 2.75) is 44.3 Å². The van der Waals surface area contributed by atoms with Crippen molar-refractivity contribution in [3.63, 3.8) is 0 Å². The smallest absolute Gasteiger partial charge is 0.146 e. The van der Waals surface area contributed by atoms with Gasteiger partial charge in [0.15, 0.2) is 0 Å². The maximum absolute atomic E-state index is 5.65. The molecule has 0 saturated heterocycles. The van der Waals surface area contributed by atoms with Crippen LogP contribution in [-0.4, -0.2) is 33.2 Å². The van der Waals surface area contributed by atoms with Gasteiger partial charge < -0.3 is 14.2 Å². The van der Waals surface area contributed by atoms with Gasteiger partial charge >= 0.3 is 0 Å². The summed E-state index contributed by atoms with van der Waals surface area (Å²) in [6, 6.07) is 0. The molecule has 0 radical (unpaired) electrons. The second-order valence-corrected chi connectivity index (χ2v) is 4.86. The van der Waals surface area contributed by atoms with Gasteiger partial charge in [-0.15, -0.1) is 0 Å². The fourth-order valence-corrected chi connectivity index (χ4v) is 3.16. The highest BCUT2D eigenvalue weighted by Crippen LogP contribution is 2.43. The summed E-state index contributed by atoms with van der Waals surface area (Å²) in [5.74, 6) is 1.71. The van der Waals surface area contributed by atoms with Gasteiger partial charge in [0.2, 0.25) is 0 Å². The lowest BCUT2D eigenvalue weighted by atomic mass is 9.80. The van der Waals surface area contributed by atoms with Crippen LogP contribution in [0.4, 0.5) is 0 Å². The molecule has 0 N–H and O–H groups in total. The minimum atomic E-state index is 0.418. The summed E-state index contributed by atoms with van der Waals surface area (Å²) in [6.45, 7) is 0.440. The lowest BCUT2D eigenvalue weighted by molar-refractivity contribution is -0.0922. The molecule has 15 heavy (non-hydrogen) atoms. The van der Waals surface area contributed by atoms with Gasteiger partial charge in [-0.3, -0.25) is 0 Å². The molecule has 0 heterocycles. The fraction of sp³-hybridized carbons (Fsp3) is 1.00. The summed E-state index contributed by atoms with van der Waals surface area (Å²) >= 11 is 0. The van der Waals surface area contributed by atoms with E-state index in [0.29, 0.717) is 19.0 Å². The molecule has 3 heteroatoms. The van der Waals surface area contributed by atoms with Gasteiger partial charge in [0.1, 0.15) is 6.79 Å². The molecule has 4 atom stereocenters.